The Morgan fingerprint density at radius 3 is 2.74 bits per heavy atom. The van der Waals surface area contributed by atoms with Crippen LogP contribution in [-0.2, 0) is 14.3 Å². The number of rotatable bonds is 3. The molecule has 1 aromatic carbocycles. The molecule has 1 atom stereocenters. The molecule has 6 nitrogen and oxygen atoms in total. The molecule has 1 aromatic rings. The lowest BCUT2D eigenvalue weighted by Crippen LogP contribution is -2.59. The highest BCUT2D eigenvalue weighted by Crippen LogP contribution is 2.29. The van der Waals surface area contributed by atoms with Crippen LogP contribution in [0.5, 0.6) is 0 Å². The van der Waals surface area contributed by atoms with Crippen LogP contribution in [0.2, 0.25) is 5.02 Å². The summed E-state index contributed by atoms with van der Waals surface area (Å²) in [6.07, 6.45) is 1.48. The van der Waals surface area contributed by atoms with Crippen molar-refractivity contribution in [2.75, 3.05) is 24.7 Å². The predicted molar refractivity (Wildman–Crippen MR) is 87.3 cm³/mol. The highest BCUT2D eigenvalue weighted by atomic mass is 35.5. The topological polar surface area (TPSA) is 84.7 Å². The maximum absolute atomic E-state index is 12.6. The first-order valence-corrected chi connectivity index (χ1v) is 8.12. The number of benzene rings is 1. The lowest BCUT2D eigenvalue weighted by atomic mass is 9.90. The van der Waals surface area contributed by atoms with Crippen molar-refractivity contribution in [3.63, 3.8) is 0 Å². The van der Waals surface area contributed by atoms with Gasteiger partial charge in [-0.25, -0.2) is 0 Å². The van der Waals surface area contributed by atoms with E-state index in [2.05, 4.69) is 5.32 Å². The highest BCUT2D eigenvalue weighted by molar-refractivity contribution is 6.34. The number of anilines is 1. The molecule has 0 aromatic heterocycles. The molecule has 2 aliphatic rings. The molecule has 2 aliphatic heterocycles. The van der Waals surface area contributed by atoms with Crippen molar-refractivity contribution in [2.45, 2.75) is 30.8 Å². The molecule has 0 bridgehead atoms. The number of carbonyl (C=O) groups is 2. The van der Waals surface area contributed by atoms with Crippen molar-refractivity contribution in [3.05, 3.63) is 29.3 Å². The Bertz CT molecular complexity index is 616. The Morgan fingerprint density at radius 2 is 2.04 bits per heavy atom. The van der Waals surface area contributed by atoms with E-state index in [-0.39, 0.29) is 11.8 Å². The molecule has 1 unspecified atom stereocenters. The molecule has 23 heavy (non-hydrogen) atoms. The van der Waals surface area contributed by atoms with Crippen LogP contribution in [-0.4, -0.2) is 43.2 Å². The molecule has 7 heteroatoms. The van der Waals surface area contributed by atoms with Gasteiger partial charge in [-0.15, -0.1) is 0 Å². The highest BCUT2D eigenvalue weighted by Gasteiger charge is 2.40. The number of hydrogen-bond acceptors (Lipinski definition) is 4. The molecule has 124 valence electrons. The zero-order chi connectivity index (χ0) is 16.4. The monoisotopic (exact) mass is 337 g/mol. The minimum Gasteiger partial charge on any atom is -0.381 e. The standard InChI is InChI=1S/C16H20ClN3O3/c17-11-3-1-2-4-13(11)20-8-5-12(14(20)21)19-15(22)16(18)6-9-23-10-7-16/h1-4,12H,5-10,18H2,(H,19,22). The number of nitrogens with zero attached hydrogens (tertiary/aromatic N) is 1. The van der Waals surface area contributed by atoms with Crippen molar-refractivity contribution in [3.8, 4) is 0 Å². The molecule has 0 spiro atoms. The number of carbonyl (C=O) groups excluding carboxylic acids is 2. The van der Waals surface area contributed by atoms with Gasteiger partial charge in [0.2, 0.25) is 11.8 Å². The van der Waals surface area contributed by atoms with Gasteiger partial charge in [0, 0.05) is 19.8 Å². The minimum absolute atomic E-state index is 0.151. The lowest BCUT2D eigenvalue weighted by molar-refractivity contribution is -0.132. The first-order valence-electron chi connectivity index (χ1n) is 7.75. The Balaban J connectivity index is 1.68. The SMILES string of the molecule is NC1(C(=O)NC2CCN(c3ccccc3Cl)C2=O)CCOCC1. The fourth-order valence-corrected chi connectivity index (χ4v) is 3.23. The Kier molecular flexibility index (Phi) is 4.57. The van der Waals surface area contributed by atoms with Crippen LogP contribution in [0.3, 0.4) is 0 Å². The summed E-state index contributed by atoms with van der Waals surface area (Å²) in [5.41, 5.74) is 5.88. The number of amides is 2. The van der Waals surface area contributed by atoms with Gasteiger partial charge < -0.3 is 20.7 Å². The number of nitrogens with two attached hydrogens (primary N) is 1. The van der Waals surface area contributed by atoms with Gasteiger partial charge in [-0.1, -0.05) is 23.7 Å². The van der Waals surface area contributed by atoms with Crippen LogP contribution in [0, 0.1) is 0 Å². The lowest BCUT2D eigenvalue weighted by Gasteiger charge is -2.32. The third-order valence-electron chi connectivity index (χ3n) is 4.49. The summed E-state index contributed by atoms with van der Waals surface area (Å²) in [5.74, 6) is -0.428. The molecule has 2 heterocycles. The van der Waals surface area contributed by atoms with Gasteiger partial charge in [0.25, 0.3) is 0 Å². The number of para-hydroxylation sites is 1. The van der Waals surface area contributed by atoms with Crippen LogP contribution in [0.25, 0.3) is 0 Å². The van der Waals surface area contributed by atoms with E-state index >= 15 is 0 Å². The van der Waals surface area contributed by atoms with Crippen LogP contribution in [0.15, 0.2) is 24.3 Å². The van der Waals surface area contributed by atoms with Crippen molar-refractivity contribution >= 4 is 29.1 Å². The maximum atomic E-state index is 12.6. The van der Waals surface area contributed by atoms with Crippen LogP contribution in [0.4, 0.5) is 5.69 Å². The van der Waals surface area contributed by atoms with E-state index in [0.717, 1.165) is 0 Å². The molecule has 0 radical (unpaired) electrons. The number of hydrogen-bond donors (Lipinski definition) is 2. The second-order valence-corrected chi connectivity index (χ2v) is 6.43. The van der Waals surface area contributed by atoms with Gasteiger partial charge in [-0.3, -0.25) is 9.59 Å². The Hall–Kier alpha value is -1.63. The third kappa shape index (κ3) is 3.20. The van der Waals surface area contributed by atoms with Crippen LogP contribution in [0.1, 0.15) is 19.3 Å². The van der Waals surface area contributed by atoms with E-state index in [9.17, 15) is 9.59 Å². The summed E-state index contributed by atoms with van der Waals surface area (Å²) >= 11 is 6.15. The van der Waals surface area contributed by atoms with Gasteiger partial charge >= 0.3 is 0 Å². The van der Waals surface area contributed by atoms with E-state index in [4.69, 9.17) is 22.1 Å². The largest absolute Gasteiger partial charge is 0.381 e. The van der Waals surface area contributed by atoms with E-state index in [1.54, 1.807) is 17.0 Å². The normalized spacial score (nSPS) is 23.8. The summed E-state index contributed by atoms with van der Waals surface area (Å²) < 4.78 is 5.24. The number of ether oxygens (including phenoxy) is 1. The fraction of sp³-hybridized carbons (Fsp3) is 0.500. The molecular formula is C16H20ClN3O3. The van der Waals surface area contributed by atoms with Crippen molar-refractivity contribution in [1.29, 1.82) is 0 Å². The van der Waals surface area contributed by atoms with Crippen LogP contribution >= 0.6 is 11.6 Å². The molecule has 2 fully saturated rings. The molecule has 0 aliphatic carbocycles. The van der Waals surface area contributed by atoms with E-state index < -0.39 is 11.6 Å². The van der Waals surface area contributed by atoms with Crippen LogP contribution < -0.4 is 16.0 Å². The zero-order valence-corrected chi connectivity index (χ0v) is 13.5. The summed E-state index contributed by atoms with van der Waals surface area (Å²) in [6.45, 7) is 1.46. The van der Waals surface area contributed by atoms with E-state index in [1.807, 2.05) is 12.1 Å². The third-order valence-corrected chi connectivity index (χ3v) is 4.81. The van der Waals surface area contributed by atoms with Gasteiger partial charge in [0.1, 0.15) is 6.04 Å². The Morgan fingerprint density at radius 1 is 1.35 bits per heavy atom. The first-order chi connectivity index (χ1) is 11.0. The molecular weight excluding hydrogens is 318 g/mol. The average Bonchev–Trinajstić information content (AvgIpc) is 2.89. The molecule has 2 amide bonds. The van der Waals surface area contributed by atoms with Crippen molar-refractivity contribution in [2.24, 2.45) is 5.73 Å². The maximum Gasteiger partial charge on any atom is 0.249 e. The molecule has 0 saturated carbocycles. The fourth-order valence-electron chi connectivity index (χ4n) is 2.99. The van der Waals surface area contributed by atoms with E-state index in [0.29, 0.717) is 49.7 Å². The second kappa shape index (κ2) is 6.47. The number of halogens is 1. The smallest absolute Gasteiger partial charge is 0.249 e. The molecule has 3 N–H and O–H groups in total. The first kappa shape index (κ1) is 16.2. The second-order valence-electron chi connectivity index (χ2n) is 6.02. The van der Waals surface area contributed by atoms with E-state index in [1.165, 1.54) is 0 Å². The van der Waals surface area contributed by atoms with Gasteiger partial charge in [-0.2, -0.15) is 0 Å². The summed E-state index contributed by atoms with van der Waals surface area (Å²) in [4.78, 5) is 26.6. The zero-order valence-electron chi connectivity index (χ0n) is 12.8. The summed E-state index contributed by atoms with van der Waals surface area (Å²) in [5, 5.41) is 3.33. The number of nitrogens with one attached hydrogen (secondary N) is 1. The summed E-state index contributed by atoms with van der Waals surface area (Å²) in [6, 6.07) is 6.63. The predicted octanol–water partition coefficient (Wildman–Crippen LogP) is 1.07. The quantitative estimate of drug-likeness (QED) is 0.864. The molecule has 3 rings (SSSR count). The molecule has 2 saturated heterocycles. The van der Waals surface area contributed by atoms with Crippen molar-refractivity contribution < 1.29 is 14.3 Å². The Labute approximate surface area is 139 Å². The van der Waals surface area contributed by atoms with Gasteiger partial charge in [0.15, 0.2) is 0 Å². The summed E-state index contributed by atoms with van der Waals surface area (Å²) in [7, 11) is 0. The van der Waals surface area contributed by atoms with Crippen molar-refractivity contribution in [1.82, 2.24) is 5.32 Å². The average molecular weight is 338 g/mol. The minimum atomic E-state index is -0.948. The van der Waals surface area contributed by atoms with Gasteiger partial charge in [-0.05, 0) is 31.4 Å². The van der Waals surface area contributed by atoms with Gasteiger partial charge in [0.05, 0.1) is 16.2 Å².